The van der Waals surface area contributed by atoms with E-state index in [1.807, 2.05) is 0 Å². The highest BCUT2D eigenvalue weighted by Gasteiger charge is 2.15. The van der Waals surface area contributed by atoms with E-state index in [1.54, 1.807) is 0 Å². The smallest absolute Gasteiger partial charge is 0.0366 e. The number of nitrogens with zero attached hydrogens (tertiary/aromatic N) is 1. The molecule has 0 amide bonds. The molecular formula is C17H28N2. The van der Waals surface area contributed by atoms with Crippen LogP contribution in [0.4, 0.5) is 5.69 Å². The number of anilines is 1. The van der Waals surface area contributed by atoms with Crippen molar-refractivity contribution in [2.75, 3.05) is 24.5 Å². The summed E-state index contributed by atoms with van der Waals surface area (Å²) in [4.78, 5) is 2.52. The van der Waals surface area contributed by atoms with E-state index < -0.39 is 0 Å². The van der Waals surface area contributed by atoms with Gasteiger partial charge in [0, 0.05) is 25.3 Å². The van der Waals surface area contributed by atoms with Gasteiger partial charge in [-0.25, -0.2) is 0 Å². The third-order valence-electron chi connectivity index (χ3n) is 3.97. The Labute approximate surface area is 118 Å². The Hall–Kier alpha value is -1.02. The Bertz CT molecular complexity index is 361. The zero-order valence-corrected chi connectivity index (χ0v) is 12.7. The Morgan fingerprint density at radius 2 is 1.79 bits per heavy atom. The molecule has 0 bridgehead atoms. The van der Waals surface area contributed by atoms with Crippen LogP contribution in [-0.4, -0.2) is 19.6 Å². The maximum atomic E-state index is 3.49. The van der Waals surface area contributed by atoms with E-state index in [-0.39, 0.29) is 0 Å². The fourth-order valence-electron chi connectivity index (χ4n) is 2.60. The van der Waals surface area contributed by atoms with Crippen LogP contribution in [0.2, 0.25) is 0 Å². The number of benzene rings is 1. The fraction of sp³-hybridized carbons (Fsp3) is 0.647. The van der Waals surface area contributed by atoms with Crippen LogP contribution in [0.25, 0.3) is 0 Å². The van der Waals surface area contributed by atoms with Crippen molar-refractivity contribution in [2.45, 2.75) is 40.2 Å². The molecule has 2 heteroatoms. The first-order valence-corrected chi connectivity index (χ1v) is 7.69. The van der Waals surface area contributed by atoms with E-state index in [1.165, 1.54) is 37.2 Å². The van der Waals surface area contributed by atoms with Crippen LogP contribution in [0.1, 0.15) is 39.2 Å². The van der Waals surface area contributed by atoms with E-state index >= 15 is 0 Å². The molecule has 0 spiro atoms. The van der Waals surface area contributed by atoms with Crippen LogP contribution < -0.4 is 10.2 Å². The standard InChI is InChI=1S/C17H28N2/c1-14(2)12-18-13-16-4-6-17(7-5-16)19-10-8-15(3)9-11-19/h4-7,14-15,18H,8-13H2,1-3H3. The van der Waals surface area contributed by atoms with Gasteiger partial charge in [-0.2, -0.15) is 0 Å². The molecule has 1 fully saturated rings. The summed E-state index contributed by atoms with van der Waals surface area (Å²) in [5.74, 6) is 1.62. The minimum absolute atomic E-state index is 0.717. The number of hydrogen-bond donors (Lipinski definition) is 1. The molecule has 106 valence electrons. The summed E-state index contributed by atoms with van der Waals surface area (Å²) < 4.78 is 0. The van der Waals surface area contributed by atoms with Crippen molar-refractivity contribution in [1.82, 2.24) is 5.32 Å². The Morgan fingerprint density at radius 3 is 2.37 bits per heavy atom. The molecule has 2 rings (SSSR count). The molecule has 1 aromatic rings. The van der Waals surface area contributed by atoms with Crippen LogP contribution in [0.3, 0.4) is 0 Å². The van der Waals surface area contributed by atoms with Gasteiger partial charge >= 0.3 is 0 Å². The summed E-state index contributed by atoms with van der Waals surface area (Å²) in [5.41, 5.74) is 2.77. The minimum atomic E-state index is 0.717. The lowest BCUT2D eigenvalue weighted by Gasteiger charge is -2.32. The number of piperidine rings is 1. The topological polar surface area (TPSA) is 15.3 Å². The summed E-state index contributed by atoms with van der Waals surface area (Å²) >= 11 is 0. The van der Waals surface area contributed by atoms with Crippen molar-refractivity contribution >= 4 is 5.69 Å². The average molecular weight is 260 g/mol. The van der Waals surface area contributed by atoms with Crippen molar-refractivity contribution in [3.8, 4) is 0 Å². The average Bonchev–Trinajstić information content (AvgIpc) is 2.40. The zero-order chi connectivity index (χ0) is 13.7. The molecule has 0 atom stereocenters. The van der Waals surface area contributed by atoms with E-state index in [0.29, 0.717) is 0 Å². The largest absolute Gasteiger partial charge is 0.372 e. The van der Waals surface area contributed by atoms with Crippen LogP contribution in [0.15, 0.2) is 24.3 Å². The maximum absolute atomic E-state index is 3.49. The lowest BCUT2D eigenvalue weighted by molar-refractivity contribution is 0.438. The van der Waals surface area contributed by atoms with Crippen LogP contribution in [0.5, 0.6) is 0 Å². The molecule has 1 N–H and O–H groups in total. The van der Waals surface area contributed by atoms with Gasteiger partial charge in [0.05, 0.1) is 0 Å². The maximum Gasteiger partial charge on any atom is 0.0366 e. The number of rotatable bonds is 5. The fourth-order valence-corrected chi connectivity index (χ4v) is 2.60. The molecule has 0 unspecified atom stereocenters. The zero-order valence-electron chi connectivity index (χ0n) is 12.7. The van der Waals surface area contributed by atoms with Crippen LogP contribution in [0, 0.1) is 11.8 Å². The van der Waals surface area contributed by atoms with Gasteiger partial charge in [-0.3, -0.25) is 0 Å². The van der Waals surface area contributed by atoms with E-state index in [0.717, 1.165) is 24.9 Å². The molecule has 2 nitrogen and oxygen atoms in total. The van der Waals surface area contributed by atoms with Crippen LogP contribution in [-0.2, 0) is 6.54 Å². The molecule has 0 saturated carbocycles. The van der Waals surface area contributed by atoms with Crippen molar-refractivity contribution in [3.63, 3.8) is 0 Å². The van der Waals surface area contributed by atoms with Gasteiger partial charge in [0.25, 0.3) is 0 Å². The highest BCUT2D eigenvalue weighted by Crippen LogP contribution is 2.23. The predicted octanol–water partition coefficient (Wildman–Crippen LogP) is 3.67. The van der Waals surface area contributed by atoms with Crippen molar-refractivity contribution in [3.05, 3.63) is 29.8 Å². The van der Waals surface area contributed by atoms with Gasteiger partial charge in [0.2, 0.25) is 0 Å². The summed E-state index contributed by atoms with van der Waals surface area (Å²) in [6.45, 7) is 11.3. The molecule has 1 aliphatic rings. The van der Waals surface area contributed by atoms with Gasteiger partial charge in [0.15, 0.2) is 0 Å². The van der Waals surface area contributed by atoms with Gasteiger partial charge in [-0.15, -0.1) is 0 Å². The van der Waals surface area contributed by atoms with Gasteiger partial charge in [-0.1, -0.05) is 32.9 Å². The SMILES string of the molecule is CC(C)CNCc1ccc(N2CCC(C)CC2)cc1. The number of hydrogen-bond acceptors (Lipinski definition) is 2. The third-order valence-corrected chi connectivity index (χ3v) is 3.97. The van der Waals surface area contributed by atoms with E-state index in [4.69, 9.17) is 0 Å². The summed E-state index contributed by atoms with van der Waals surface area (Å²) in [6.07, 6.45) is 2.66. The Morgan fingerprint density at radius 1 is 1.16 bits per heavy atom. The molecule has 1 aliphatic heterocycles. The molecular weight excluding hydrogens is 232 g/mol. The normalized spacial score (nSPS) is 17.2. The first-order chi connectivity index (χ1) is 9.15. The van der Waals surface area contributed by atoms with Crippen molar-refractivity contribution in [2.24, 2.45) is 11.8 Å². The summed E-state index contributed by atoms with van der Waals surface area (Å²) in [7, 11) is 0. The lowest BCUT2D eigenvalue weighted by atomic mass is 9.99. The third kappa shape index (κ3) is 4.54. The Balaban J connectivity index is 1.84. The van der Waals surface area contributed by atoms with Gasteiger partial charge in [0.1, 0.15) is 0 Å². The second kappa shape index (κ2) is 6.95. The molecule has 0 aliphatic carbocycles. The molecule has 19 heavy (non-hydrogen) atoms. The first kappa shape index (κ1) is 14.4. The molecule has 1 aromatic carbocycles. The lowest BCUT2D eigenvalue weighted by Crippen LogP contribution is -2.32. The van der Waals surface area contributed by atoms with E-state index in [2.05, 4.69) is 55.3 Å². The highest BCUT2D eigenvalue weighted by molar-refractivity contribution is 5.47. The minimum Gasteiger partial charge on any atom is -0.372 e. The van der Waals surface area contributed by atoms with Gasteiger partial charge < -0.3 is 10.2 Å². The van der Waals surface area contributed by atoms with Crippen LogP contribution >= 0.6 is 0 Å². The van der Waals surface area contributed by atoms with Crippen molar-refractivity contribution in [1.29, 1.82) is 0 Å². The highest BCUT2D eigenvalue weighted by atomic mass is 15.1. The molecule has 0 radical (unpaired) electrons. The molecule has 1 saturated heterocycles. The Kier molecular flexibility index (Phi) is 5.26. The van der Waals surface area contributed by atoms with Gasteiger partial charge in [-0.05, 0) is 48.9 Å². The molecule has 1 heterocycles. The monoisotopic (exact) mass is 260 g/mol. The van der Waals surface area contributed by atoms with Crippen molar-refractivity contribution < 1.29 is 0 Å². The number of nitrogens with one attached hydrogen (secondary N) is 1. The summed E-state index contributed by atoms with van der Waals surface area (Å²) in [6, 6.07) is 9.09. The van der Waals surface area contributed by atoms with E-state index in [9.17, 15) is 0 Å². The quantitative estimate of drug-likeness (QED) is 0.869. The predicted molar refractivity (Wildman–Crippen MR) is 83.6 cm³/mol. The molecule has 0 aromatic heterocycles. The summed E-state index contributed by atoms with van der Waals surface area (Å²) in [5, 5.41) is 3.49. The second-order valence-electron chi connectivity index (χ2n) is 6.36. The first-order valence-electron chi connectivity index (χ1n) is 7.69. The second-order valence-corrected chi connectivity index (χ2v) is 6.36.